The van der Waals surface area contributed by atoms with E-state index >= 15 is 0 Å². The Kier molecular flexibility index (Phi) is 6.15. The highest BCUT2D eigenvalue weighted by Gasteiger charge is 2.24. The van der Waals surface area contributed by atoms with Gasteiger partial charge in [-0.1, -0.05) is 20.3 Å². The highest BCUT2D eigenvalue weighted by atomic mass is 32.2. The number of carbonyl (C=O) groups excluding carboxylic acids is 1. The molecule has 1 fully saturated rings. The number of carbonyl (C=O) groups is 1. The number of likely N-dealkylation sites (tertiary alicyclic amines) is 1. The second-order valence-corrected chi connectivity index (χ2v) is 5.49. The van der Waals surface area contributed by atoms with Crippen LogP contribution in [0.5, 0.6) is 0 Å². The molecule has 0 radical (unpaired) electrons. The molecule has 1 atom stereocenters. The zero-order chi connectivity index (χ0) is 11.1. The third kappa shape index (κ3) is 4.45. The molecule has 1 amide bonds. The fourth-order valence-electron chi connectivity index (χ4n) is 1.96. The molecule has 0 aromatic carbocycles. The average Bonchev–Trinajstić information content (AvgIpc) is 2.72. The number of hydrogen-bond donors (Lipinski definition) is 0. The Morgan fingerprint density at radius 3 is 2.80 bits per heavy atom. The molecular formula is C12H23NOS. The third-order valence-corrected chi connectivity index (χ3v) is 4.21. The minimum Gasteiger partial charge on any atom is -0.342 e. The largest absolute Gasteiger partial charge is 0.342 e. The van der Waals surface area contributed by atoms with Gasteiger partial charge in [-0.2, -0.15) is 11.8 Å². The van der Waals surface area contributed by atoms with E-state index in [0.29, 0.717) is 5.91 Å². The Balaban J connectivity index is 2.12. The molecule has 0 aliphatic carbocycles. The van der Waals surface area contributed by atoms with Crippen molar-refractivity contribution in [2.75, 3.05) is 24.6 Å². The molecule has 0 saturated carbocycles. The summed E-state index contributed by atoms with van der Waals surface area (Å²) < 4.78 is 0. The van der Waals surface area contributed by atoms with E-state index in [2.05, 4.69) is 18.7 Å². The molecule has 0 bridgehead atoms. The van der Waals surface area contributed by atoms with E-state index in [1.54, 1.807) is 0 Å². The molecule has 88 valence electrons. The summed E-state index contributed by atoms with van der Waals surface area (Å²) >= 11 is 1.90. The van der Waals surface area contributed by atoms with Gasteiger partial charge in [0, 0.05) is 25.3 Å². The van der Waals surface area contributed by atoms with Gasteiger partial charge in [-0.15, -0.1) is 0 Å². The molecule has 0 aromatic heterocycles. The van der Waals surface area contributed by atoms with Crippen molar-refractivity contribution in [1.82, 2.24) is 4.90 Å². The number of nitrogens with zero attached hydrogens (tertiary/aromatic N) is 1. The number of rotatable bonds is 6. The van der Waals surface area contributed by atoms with Gasteiger partial charge in [-0.3, -0.25) is 4.79 Å². The summed E-state index contributed by atoms with van der Waals surface area (Å²) in [6.45, 7) is 6.40. The smallest absolute Gasteiger partial charge is 0.223 e. The van der Waals surface area contributed by atoms with Crippen LogP contribution in [0, 0.1) is 5.92 Å². The average molecular weight is 229 g/mol. The van der Waals surface area contributed by atoms with Crippen LogP contribution in [-0.2, 0) is 4.79 Å². The first-order valence-electron chi connectivity index (χ1n) is 6.13. The Bertz CT molecular complexity index is 196. The summed E-state index contributed by atoms with van der Waals surface area (Å²) in [6, 6.07) is 0. The first-order valence-corrected chi connectivity index (χ1v) is 7.28. The maximum absolute atomic E-state index is 11.8. The van der Waals surface area contributed by atoms with Crippen LogP contribution in [0.4, 0.5) is 0 Å². The zero-order valence-corrected chi connectivity index (χ0v) is 10.8. The number of hydrogen-bond acceptors (Lipinski definition) is 2. The summed E-state index contributed by atoms with van der Waals surface area (Å²) in [4.78, 5) is 13.8. The predicted octanol–water partition coefficient (Wildman–Crippen LogP) is 2.78. The second-order valence-electron chi connectivity index (χ2n) is 4.27. The van der Waals surface area contributed by atoms with Gasteiger partial charge < -0.3 is 4.90 Å². The lowest BCUT2D eigenvalue weighted by molar-refractivity contribution is -0.129. The molecule has 1 saturated heterocycles. The predicted molar refractivity (Wildman–Crippen MR) is 67.2 cm³/mol. The van der Waals surface area contributed by atoms with Crippen molar-refractivity contribution >= 4 is 17.7 Å². The van der Waals surface area contributed by atoms with Crippen molar-refractivity contribution in [3.63, 3.8) is 0 Å². The van der Waals surface area contributed by atoms with Crippen LogP contribution < -0.4 is 0 Å². The minimum absolute atomic E-state index is 0.370. The molecule has 0 spiro atoms. The van der Waals surface area contributed by atoms with Crippen molar-refractivity contribution < 1.29 is 4.79 Å². The van der Waals surface area contributed by atoms with Gasteiger partial charge >= 0.3 is 0 Å². The first-order chi connectivity index (χ1) is 7.27. The van der Waals surface area contributed by atoms with Crippen LogP contribution in [0.1, 0.15) is 39.5 Å². The van der Waals surface area contributed by atoms with Crippen molar-refractivity contribution in [2.45, 2.75) is 39.5 Å². The summed E-state index contributed by atoms with van der Waals surface area (Å²) in [6.07, 6.45) is 4.38. The van der Waals surface area contributed by atoms with Gasteiger partial charge in [-0.25, -0.2) is 0 Å². The Labute approximate surface area is 97.8 Å². The lowest BCUT2D eigenvalue weighted by atomic mass is 10.1. The van der Waals surface area contributed by atoms with Crippen molar-refractivity contribution in [3.8, 4) is 0 Å². The van der Waals surface area contributed by atoms with E-state index in [0.717, 1.165) is 31.2 Å². The van der Waals surface area contributed by atoms with Crippen LogP contribution in [0.25, 0.3) is 0 Å². The van der Waals surface area contributed by atoms with E-state index in [1.165, 1.54) is 25.0 Å². The fraction of sp³-hybridized carbons (Fsp3) is 0.917. The van der Waals surface area contributed by atoms with Gasteiger partial charge in [-0.05, 0) is 24.5 Å². The monoisotopic (exact) mass is 229 g/mol. The third-order valence-electron chi connectivity index (χ3n) is 3.02. The molecule has 1 heterocycles. The van der Waals surface area contributed by atoms with E-state index in [4.69, 9.17) is 0 Å². The molecule has 1 aliphatic rings. The summed E-state index contributed by atoms with van der Waals surface area (Å²) in [5.41, 5.74) is 0. The maximum atomic E-state index is 11.8. The van der Waals surface area contributed by atoms with Gasteiger partial charge in [0.15, 0.2) is 0 Å². The van der Waals surface area contributed by atoms with Crippen LogP contribution >= 0.6 is 11.8 Å². The molecular weight excluding hydrogens is 206 g/mol. The summed E-state index contributed by atoms with van der Waals surface area (Å²) in [5, 5.41) is 0. The Morgan fingerprint density at radius 2 is 2.20 bits per heavy atom. The number of amides is 1. The standard InChI is InChI=1S/C12H23NOS/c1-3-8-15-9-6-12(14)13-7-5-11(4-2)10-13/h11H,3-10H2,1-2H3. The van der Waals surface area contributed by atoms with Crippen LogP contribution in [-0.4, -0.2) is 35.4 Å². The van der Waals surface area contributed by atoms with E-state index in [9.17, 15) is 4.79 Å². The Hall–Kier alpha value is -0.180. The lowest BCUT2D eigenvalue weighted by Crippen LogP contribution is -2.28. The quantitative estimate of drug-likeness (QED) is 0.653. The van der Waals surface area contributed by atoms with Crippen LogP contribution in [0.15, 0.2) is 0 Å². The zero-order valence-electron chi connectivity index (χ0n) is 10.00. The first kappa shape index (κ1) is 12.9. The Morgan fingerprint density at radius 1 is 1.40 bits per heavy atom. The lowest BCUT2D eigenvalue weighted by Gasteiger charge is -2.15. The highest BCUT2D eigenvalue weighted by Crippen LogP contribution is 2.20. The normalized spacial score (nSPS) is 20.9. The van der Waals surface area contributed by atoms with Gasteiger partial charge in [0.05, 0.1) is 0 Å². The van der Waals surface area contributed by atoms with Crippen molar-refractivity contribution in [2.24, 2.45) is 5.92 Å². The van der Waals surface area contributed by atoms with Crippen LogP contribution in [0.2, 0.25) is 0 Å². The summed E-state index contributed by atoms with van der Waals surface area (Å²) in [5.74, 6) is 3.32. The second kappa shape index (κ2) is 7.15. The highest BCUT2D eigenvalue weighted by molar-refractivity contribution is 7.99. The van der Waals surface area contributed by atoms with Gasteiger partial charge in [0.1, 0.15) is 0 Å². The molecule has 1 aliphatic heterocycles. The van der Waals surface area contributed by atoms with Crippen LogP contribution in [0.3, 0.4) is 0 Å². The topological polar surface area (TPSA) is 20.3 Å². The maximum Gasteiger partial charge on any atom is 0.223 e. The molecule has 0 N–H and O–H groups in total. The van der Waals surface area contributed by atoms with E-state index < -0.39 is 0 Å². The fourth-order valence-corrected chi connectivity index (χ4v) is 2.77. The molecule has 2 nitrogen and oxygen atoms in total. The van der Waals surface area contributed by atoms with Gasteiger partial charge in [0.2, 0.25) is 5.91 Å². The van der Waals surface area contributed by atoms with Gasteiger partial charge in [0.25, 0.3) is 0 Å². The minimum atomic E-state index is 0.370. The van der Waals surface area contributed by atoms with Crippen molar-refractivity contribution in [3.05, 3.63) is 0 Å². The molecule has 1 rings (SSSR count). The van der Waals surface area contributed by atoms with E-state index in [-0.39, 0.29) is 0 Å². The van der Waals surface area contributed by atoms with Crippen molar-refractivity contribution in [1.29, 1.82) is 0 Å². The number of thioether (sulfide) groups is 1. The molecule has 0 aromatic rings. The molecule has 3 heteroatoms. The molecule has 1 unspecified atom stereocenters. The van der Waals surface area contributed by atoms with E-state index in [1.807, 2.05) is 11.8 Å². The SMILES string of the molecule is CCCSCCC(=O)N1CCC(CC)C1. The molecule has 15 heavy (non-hydrogen) atoms. The summed E-state index contributed by atoms with van der Waals surface area (Å²) in [7, 11) is 0.